The van der Waals surface area contributed by atoms with Gasteiger partial charge >= 0.3 is 0 Å². The van der Waals surface area contributed by atoms with Crippen molar-refractivity contribution in [1.29, 1.82) is 0 Å². The minimum absolute atomic E-state index is 0.00907. The highest BCUT2D eigenvalue weighted by molar-refractivity contribution is 6.16. The van der Waals surface area contributed by atoms with Gasteiger partial charge in [-0.3, -0.25) is 0 Å². The Morgan fingerprint density at radius 2 is 0.886 bits per heavy atom. The molecule has 8 rings (SSSR count). The van der Waals surface area contributed by atoms with Gasteiger partial charge in [0, 0.05) is 11.1 Å². The second-order valence-electron chi connectivity index (χ2n) is 11.1. The molecule has 2 aliphatic rings. The van der Waals surface area contributed by atoms with Crippen LogP contribution in [0, 0.1) is 0 Å². The number of hydrogen-bond acceptors (Lipinski definition) is 6. The van der Waals surface area contributed by atoms with E-state index < -0.39 is 0 Å². The maximum Gasteiger partial charge on any atom is 0.220 e. The fraction of sp³-hybridized carbons (Fsp3) is 0.105. The third-order valence-corrected chi connectivity index (χ3v) is 8.43. The molecule has 6 aromatic carbocycles. The maximum absolute atomic E-state index is 12.1. The van der Waals surface area contributed by atoms with Crippen molar-refractivity contribution in [3.8, 4) is 22.6 Å². The van der Waals surface area contributed by atoms with Gasteiger partial charge < -0.3 is 19.7 Å². The monoisotopic (exact) mass is 576 g/mol. The van der Waals surface area contributed by atoms with Crippen molar-refractivity contribution in [2.45, 2.75) is 12.1 Å². The van der Waals surface area contributed by atoms with E-state index in [4.69, 9.17) is 19.5 Å². The van der Waals surface area contributed by atoms with Gasteiger partial charge in [-0.1, -0.05) is 109 Å². The topological polar surface area (TPSA) is 83.6 Å². The highest BCUT2D eigenvalue weighted by Gasteiger charge is 2.30. The van der Waals surface area contributed by atoms with Crippen molar-refractivity contribution in [3.05, 3.63) is 144 Å². The lowest BCUT2D eigenvalue weighted by atomic mass is 9.88. The summed E-state index contributed by atoms with van der Waals surface area (Å²) in [6, 6.07) is 39.1. The largest absolute Gasteiger partial charge is 0.506 e. The molecular weight excluding hydrogens is 548 g/mol. The predicted octanol–water partition coefficient (Wildman–Crippen LogP) is 8.11. The summed E-state index contributed by atoms with van der Waals surface area (Å²) in [7, 11) is 0. The molecule has 2 aliphatic heterocycles. The number of aromatic hydroxyl groups is 2. The van der Waals surface area contributed by atoms with Gasteiger partial charge in [0.2, 0.25) is 11.8 Å². The van der Waals surface area contributed by atoms with Gasteiger partial charge in [0.25, 0.3) is 0 Å². The van der Waals surface area contributed by atoms with E-state index in [2.05, 4.69) is 0 Å². The van der Waals surface area contributed by atoms with Gasteiger partial charge in [-0.25, -0.2) is 9.98 Å². The molecule has 0 bridgehead atoms. The number of benzene rings is 6. The summed E-state index contributed by atoms with van der Waals surface area (Å²) in [5.41, 5.74) is 4.05. The van der Waals surface area contributed by atoms with Crippen LogP contribution in [0.25, 0.3) is 32.7 Å². The molecule has 2 heterocycles. The van der Waals surface area contributed by atoms with Crippen LogP contribution >= 0.6 is 0 Å². The summed E-state index contributed by atoms with van der Waals surface area (Å²) in [5.74, 6) is 0.727. The maximum atomic E-state index is 12.1. The van der Waals surface area contributed by atoms with Crippen LogP contribution in [0.15, 0.2) is 131 Å². The Balaban J connectivity index is 1.34. The van der Waals surface area contributed by atoms with E-state index in [0.717, 1.165) is 32.7 Å². The van der Waals surface area contributed by atoms with Gasteiger partial charge in [0.15, 0.2) is 0 Å². The fourth-order valence-corrected chi connectivity index (χ4v) is 6.24. The SMILES string of the molecule is Oc1c(C2=N[C@H](c3ccccc3)CO2)cc2ccccc2c1-c1c(O)c(C2=N[C@H](c3ccccc3)CO2)cc2ccccc12. The van der Waals surface area contributed by atoms with E-state index in [1.807, 2.05) is 121 Å². The van der Waals surface area contributed by atoms with Crippen LogP contribution in [0.5, 0.6) is 11.5 Å². The van der Waals surface area contributed by atoms with E-state index >= 15 is 0 Å². The minimum atomic E-state index is -0.173. The average molecular weight is 577 g/mol. The quantitative estimate of drug-likeness (QED) is 0.217. The van der Waals surface area contributed by atoms with Crippen LogP contribution in [-0.2, 0) is 9.47 Å². The number of rotatable bonds is 5. The van der Waals surface area contributed by atoms with E-state index in [-0.39, 0.29) is 23.6 Å². The van der Waals surface area contributed by atoms with Crippen molar-refractivity contribution < 1.29 is 19.7 Å². The molecule has 44 heavy (non-hydrogen) atoms. The first-order chi connectivity index (χ1) is 21.7. The number of aliphatic imine (C=N–C) groups is 2. The molecule has 214 valence electrons. The van der Waals surface area contributed by atoms with Gasteiger partial charge in [0.05, 0.1) is 11.1 Å². The van der Waals surface area contributed by atoms with Gasteiger partial charge in [0.1, 0.15) is 36.8 Å². The smallest absolute Gasteiger partial charge is 0.220 e. The highest BCUT2D eigenvalue weighted by Crippen LogP contribution is 2.48. The normalized spacial score (nSPS) is 17.7. The highest BCUT2D eigenvalue weighted by atomic mass is 16.5. The lowest BCUT2D eigenvalue weighted by molar-refractivity contribution is 0.318. The number of nitrogens with zero attached hydrogens (tertiary/aromatic N) is 2. The molecule has 0 unspecified atom stereocenters. The zero-order valence-corrected chi connectivity index (χ0v) is 23.7. The van der Waals surface area contributed by atoms with E-state index in [0.29, 0.717) is 47.3 Å². The van der Waals surface area contributed by atoms with Crippen molar-refractivity contribution in [1.82, 2.24) is 0 Å². The summed E-state index contributed by atoms with van der Waals surface area (Å²) in [4.78, 5) is 9.73. The van der Waals surface area contributed by atoms with Crippen molar-refractivity contribution in [2.24, 2.45) is 9.98 Å². The van der Waals surface area contributed by atoms with E-state index in [1.165, 1.54) is 0 Å². The molecule has 2 N–H and O–H groups in total. The molecular formula is C38H28N2O4. The first kappa shape index (κ1) is 26.0. The van der Waals surface area contributed by atoms with Crippen LogP contribution in [0.4, 0.5) is 0 Å². The second-order valence-corrected chi connectivity index (χ2v) is 11.1. The third-order valence-electron chi connectivity index (χ3n) is 8.43. The van der Waals surface area contributed by atoms with Crippen molar-refractivity contribution >= 4 is 33.3 Å². The summed E-state index contributed by atoms with van der Waals surface area (Å²) < 4.78 is 12.2. The standard InChI is InChI=1S/C38H28N2O4/c41-35-29(37-39-31(21-43-37)23-11-3-1-4-12-23)19-25-15-7-9-17-27(25)33(35)34-28-18-10-8-16-26(28)20-30(36(34)42)38-40-32(22-44-38)24-13-5-2-6-14-24/h1-20,31-32,41-42H,21-22H2/t31-,32-/m0/s1. The number of phenols is 2. The summed E-state index contributed by atoms with van der Waals surface area (Å²) in [5, 5.41) is 27.5. The molecule has 0 radical (unpaired) electrons. The Hall–Kier alpha value is -5.62. The molecule has 0 saturated carbocycles. The molecule has 0 saturated heterocycles. The molecule has 0 amide bonds. The lowest BCUT2D eigenvalue weighted by Gasteiger charge is -2.18. The Kier molecular flexibility index (Phi) is 6.26. The zero-order chi connectivity index (χ0) is 29.6. The van der Waals surface area contributed by atoms with E-state index in [9.17, 15) is 10.2 Å². The van der Waals surface area contributed by atoms with E-state index in [1.54, 1.807) is 0 Å². The number of phenolic OH excluding ortho intramolecular Hbond substituents is 2. The van der Waals surface area contributed by atoms with Gasteiger partial charge in [-0.2, -0.15) is 0 Å². The molecule has 6 heteroatoms. The molecule has 0 spiro atoms. The Morgan fingerprint density at radius 3 is 1.32 bits per heavy atom. The predicted molar refractivity (Wildman–Crippen MR) is 174 cm³/mol. The summed E-state index contributed by atoms with van der Waals surface area (Å²) in [6.45, 7) is 0.759. The third kappa shape index (κ3) is 4.34. The lowest BCUT2D eigenvalue weighted by Crippen LogP contribution is -2.05. The molecule has 0 aromatic heterocycles. The van der Waals surface area contributed by atoms with Crippen molar-refractivity contribution in [2.75, 3.05) is 13.2 Å². The minimum Gasteiger partial charge on any atom is -0.506 e. The molecule has 6 aromatic rings. The van der Waals surface area contributed by atoms with Gasteiger partial charge in [-0.15, -0.1) is 0 Å². The summed E-state index contributed by atoms with van der Waals surface area (Å²) in [6.07, 6.45) is 0. The Bertz CT molecular complexity index is 1950. The van der Waals surface area contributed by atoms with Crippen molar-refractivity contribution in [3.63, 3.8) is 0 Å². The number of ether oxygens (including phenoxy) is 2. The van der Waals surface area contributed by atoms with Crippen LogP contribution in [0.3, 0.4) is 0 Å². The van der Waals surface area contributed by atoms with Gasteiger partial charge in [-0.05, 0) is 44.8 Å². The average Bonchev–Trinajstić information content (AvgIpc) is 3.77. The Morgan fingerprint density at radius 1 is 0.500 bits per heavy atom. The molecule has 2 atom stereocenters. The first-order valence-corrected chi connectivity index (χ1v) is 14.7. The molecule has 0 fully saturated rings. The van der Waals surface area contributed by atoms with Crippen LogP contribution in [0.2, 0.25) is 0 Å². The zero-order valence-electron chi connectivity index (χ0n) is 23.7. The van der Waals surface area contributed by atoms with Crippen LogP contribution in [-0.4, -0.2) is 35.2 Å². The second kappa shape index (κ2) is 10.6. The fourth-order valence-electron chi connectivity index (χ4n) is 6.24. The number of hydrogen-bond donors (Lipinski definition) is 2. The Labute approximate surface area is 254 Å². The first-order valence-electron chi connectivity index (χ1n) is 14.7. The molecule has 6 nitrogen and oxygen atoms in total. The molecule has 0 aliphatic carbocycles. The van der Waals surface area contributed by atoms with Crippen LogP contribution < -0.4 is 0 Å². The van der Waals surface area contributed by atoms with Crippen LogP contribution in [0.1, 0.15) is 34.3 Å². The summed E-state index contributed by atoms with van der Waals surface area (Å²) >= 11 is 0. The number of fused-ring (bicyclic) bond motifs is 2.